The first kappa shape index (κ1) is 12.8. The van der Waals surface area contributed by atoms with E-state index < -0.39 is 0 Å². The van der Waals surface area contributed by atoms with Crippen LogP contribution in [0.15, 0.2) is 36.0 Å². The zero-order valence-electron chi connectivity index (χ0n) is 9.51. The van der Waals surface area contributed by atoms with Crippen molar-refractivity contribution in [3.8, 4) is 11.5 Å². The van der Waals surface area contributed by atoms with Gasteiger partial charge in [0.05, 0.1) is 6.21 Å². The Hall–Kier alpha value is -2.30. The summed E-state index contributed by atoms with van der Waals surface area (Å²) in [5, 5.41) is 13.3. The number of nitrogens with zero attached hydrogens (tertiary/aromatic N) is 1. The van der Waals surface area contributed by atoms with Gasteiger partial charge in [-0.2, -0.15) is 5.10 Å². The molecule has 5 heteroatoms. The van der Waals surface area contributed by atoms with E-state index in [0.717, 1.165) is 0 Å². The molecule has 0 saturated heterocycles. The van der Waals surface area contributed by atoms with Crippen molar-refractivity contribution in [2.24, 2.45) is 5.10 Å². The molecule has 2 N–H and O–H groups in total. The third-order valence-electron chi connectivity index (χ3n) is 1.80. The number of hydrogen-bond acceptors (Lipinski definition) is 4. The molecule has 0 atom stereocenters. The van der Waals surface area contributed by atoms with Crippen molar-refractivity contribution in [2.75, 3.05) is 6.61 Å². The van der Waals surface area contributed by atoms with Crippen molar-refractivity contribution in [1.82, 2.24) is 5.43 Å². The Bertz CT molecular complexity index is 441. The summed E-state index contributed by atoms with van der Waals surface area (Å²) in [7, 11) is 0. The fourth-order valence-electron chi connectivity index (χ4n) is 1.07. The van der Waals surface area contributed by atoms with Crippen LogP contribution in [-0.2, 0) is 4.79 Å². The van der Waals surface area contributed by atoms with Gasteiger partial charge in [-0.15, -0.1) is 0 Å². The van der Waals surface area contributed by atoms with Crippen LogP contribution in [0.25, 0.3) is 0 Å². The molecule has 90 valence electrons. The molecule has 0 fully saturated rings. The van der Waals surface area contributed by atoms with Crippen molar-refractivity contribution in [3.05, 3.63) is 36.4 Å². The summed E-state index contributed by atoms with van der Waals surface area (Å²) in [5.41, 5.74) is 2.74. The van der Waals surface area contributed by atoms with Gasteiger partial charge in [0.25, 0.3) is 0 Å². The Labute approximate surface area is 99.4 Å². The molecule has 1 amide bonds. The maximum atomic E-state index is 10.6. The number of benzene rings is 1. The molecule has 1 aromatic rings. The van der Waals surface area contributed by atoms with Crippen LogP contribution in [0.3, 0.4) is 0 Å². The number of nitrogens with one attached hydrogen (secondary N) is 1. The van der Waals surface area contributed by atoms with Crippen LogP contribution < -0.4 is 10.2 Å². The number of carbonyl (C=O) groups excluding carboxylic acids is 1. The normalized spacial score (nSPS) is 10.2. The smallest absolute Gasteiger partial charge is 0.236 e. The fourth-order valence-corrected chi connectivity index (χ4v) is 1.07. The minimum Gasteiger partial charge on any atom is -0.507 e. The third-order valence-corrected chi connectivity index (χ3v) is 1.80. The predicted octanol–water partition coefficient (Wildman–Crippen LogP) is 1.43. The SMILES string of the molecule is C=CCOc1ccc(/C=N\NC(C)=O)c(O)c1. The Morgan fingerprint density at radius 1 is 1.65 bits per heavy atom. The summed E-state index contributed by atoms with van der Waals surface area (Å²) in [6.45, 7) is 5.25. The van der Waals surface area contributed by atoms with Gasteiger partial charge in [0.1, 0.15) is 18.1 Å². The Morgan fingerprint density at radius 3 is 3.00 bits per heavy atom. The zero-order chi connectivity index (χ0) is 12.7. The van der Waals surface area contributed by atoms with Crippen molar-refractivity contribution in [3.63, 3.8) is 0 Å². The molecule has 0 aliphatic rings. The topological polar surface area (TPSA) is 70.9 Å². The molecule has 0 spiro atoms. The third kappa shape index (κ3) is 4.38. The lowest BCUT2D eigenvalue weighted by Gasteiger charge is -2.05. The van der Waals surface area contributed by atoms with E-state index >= 15 is 0 Å². The van der Waals surface area contributed by atoms with Crippen molar-refractivity contribution in [1.29, 1.82) is 0 Å². The minimum absolute atomic E-state index is 0.0284. The molecule has 0 unspecified atom stereocenters. The maximum absolute atomic E-state index is 10.6. The molecular formula is C12H14N2O3. The van der Waals surface area contributed by atoms with Gasteiger partial charge in [-0.25, -0.2) is 5.43 Å². The minimum atomic E-state index is -0.272. The molecule has 17 heavy (non-hydrogen) atoms. The second-order valence-corrected chi connectivity index (χ2v) is 3.25. The molecule has 1 rings (SSSR count). The molecule has 1 aromatic carbocycles. The number of carbonyl (C=O) groups is 1. The van der Waals surface area contributed by atoms with E-state index in [1.807, 2.05) is 0 Å². The fraction of sp³-hybridized carbons (Fsp3) is 0.167. The van der Waals surface area contributed by atoms with Gasteiger partial charge in [-0.1, -0.05) is 12.7 Å². The molecule has 0 bridgehead atoms. The number of hydrazone groups is 1. The van der Waals surface area contributed by atoms with Crippen LogP contribution in [-0.4, -0.2) is 23.8 Å². The van der Waals surface area contributed by atoms with Gasteiger partial charge in [-0.3, -0.25) is 4.79 Å². The number of ether oxygens (including phenoxy) is 1. The molecule has 0 heterocycles. The first-order valence-electron chi connectivity index (χ1n) is 5.00. The van der Waals surface area contributed by atoms with Gasteiger partial charge >= 0.3 is 0 Å². The van der Waals surface area contributed by atoms with E-state index in [0.29, 0.717) is 17.9 Å². The summed E-state index contributed by atoms with van der Waals surface area (Å²) >= 11 is 0. The van der Waals surface area contributed by atoms with E-state index in [-0.39, 0.29) is 11.7 Å². The highest BCUT2D eigenvalue weighted by molar-refractivity contribution is 5.85. The van der Waals surface area contributed by atoms with Crippen molar-refractivity contribution < 1.29 is 14.6 Å². The number of aromatic hydroxyl groups is 1. The molecular weight excluding hydrogens is 220 g/mol. The monoisotopic (exact) mass is 234 g/mol. The standard InChI is InChI=1S/C12H14N2O3/c1-3-6-17-11-5-4-10(12(16)7-11)8-13-14-9(2)15/h3-5,7-8,16H,1,6H2,2H3,(H,14,15)/b13-8-. The van der Waals surface area contributed by atoms with E-state index in [9.17, 15) is 9.90 Å². The quantitative estimate of drug-likeness (QED) is 0.460. The molecule has 0 aromatic heterocycles. The van der Waals surface area contributed by atoms with Gasteiger partial charge < -0.3 is 9.84 Å². The van der Waals surface area contributed by atoms with Crippen molar-refractivity contribution >= 4 is 12.1 Å². The number of hydrogen-bond donors (Lipinski definition) is 2. The van der Waals surface area contributed by atoms with Crippen molar-refractivity contribution in [2.45, 2.75) is 6.92 Å². The largest absolute Gasteiger partial charge is 0.507 e. The first-order valence-corrected chi connectivity index (χ1v) is 5.00. The predicted molar refractivity (Wildman–Crippen MR) is 65.2 cm³/mol. The van der Waals surface area contributed by atoms with Gasteiger partial charge in [0.2, 0.25) is 5.91 Å². The zero-order valence-corrected chi connectivity index (χ0v) is 9.51. The lowest BCUT2D eigenvalue weighted by atomic mass is 10.2. The van der Waals surface area contributed by atoms with E-state index in [1.165, 1.54) is 19.2 Å². The lowest BCUT2D eigenvalue weighted by molar-refractivity contribution is -0.118. The van der Waals surface area contributed by atoms with E-state index in [1.54, 1.807) is 18.2 Å². The Kier molecular flexibility index (Phi) is 4.75. The van der Waals surface area contributed by atoms with Gasteiger partial charge in [0, 0.05) is 18.6 Å². The number of phenolic OH excluding ortho intramolecular Hbond substituents is 1. The molecule has 0 saturated carbocycles. The van der Waals surface area contributed by atoms with Gasteiger partial charge in [0.15, 0.2) is 0 Å². The summed E-state index contributed by atoms with van der Waals surface area (Å²) in [4.78, 5) is 10.6. The van der Waals surface area contributed by atoms with Crippen LogP contribution in [0.4, 0.5) is 0 Å². The van der Waals surface area contributed by atoms with Crippen LogP contribution in [0, 0.1) is 0 Å². The summed E-state index contributed by atoms with van der Waals surface area (Å²) in [5.74, 6) is 0.298. The molecule has 0 radical (unpaired) electrons. The summed E-state index contributed by atoms with van der Waals surface area (Å²) < 4.78 is 5.24. The average molecular weight is 234 g/mol. The van der Waals surface area contributed by atoms with E-state index in [4.69, 9.17) is 4.74 Å². The number of rotatable bonds is 5. The molecule has 5 nitrogen and oxygen atoms in total. The van der Waals surface area contributed by atoms with Crippen LogP contribution in [0.5, 0.6) is 11.5 Å². The maximum Gasteiger partial charge on any atom is 0.236 e. The Morgan fingerprint density at radius 2 is 2.41 bits per heavy atom. The Balaban J connectivity index is 2.72. The summed E-state index contributed by atoms with van der Waals surface area (Å²) in [6.07, 6.45) is 2.97. The highest BCUT2D eigenvalue weighted by Gasteiger charge is 2.01. The van der Waals surface area contributed by atoms with E-state index in [2.05, 4.69) is 17.1 Å². The molecule has 0 aliphatic carbocycles. The molecule has 0 aliphatic heterocycles. The number of phenols is 1. The van der Waals surface area contributed by atoms with Crippen LogP contribution >= 0.6 is 0 Å². The average Bonchev–Trinajstić information content (AvgIpc) is 2.28. The van der Waals surface area contributed by atoms with Crippen LogP contribution in [0.1, 0.15) is 12.5 Å². The van der Waals surface area contributed by atoms with Crippen LogP contribution in [0.2, 0.25) is 0 Å². The second kappa shape index (κ2) is 6.32. The first-order chi connectivity index (χ1) is 8.13. The second-order valence-electron chi connectivity index (χ2n) is 3.25. The highest BCUT2D eigenvalue weighted by Crippen LogP contribution is 2.22. The number of amides is 1. The summed E-state index contributed by atoms with van der Waals surface area (Å²) in [6, 6.07) is 4.80. The highest BCUT2D eigenvalue weighted by atomic mass is 16.5. The van der Waals surface area contributed by atoms with Gasteiger partial charge in [-0.05, 0) is 12.1 Å². The lowest BCUT2D eigenvalue weighted by Crippen LogP contribution is -2.12.